The molecule has 0 unspecified atom stereocenters. The second-order valence-electron chi connectivity index (χ2n) is 5.18. The maximum absolute atomic E-state index is 12.7. The zero-order valence-electron chi connectivity index (χ0n) is 11.3. The summed E-state index contributed by atoms with van der Waals surface area (Å²) in [4.78, 5) is 13.9. The van der Waals surface area contributed by atoms with Gasteiger partial charge in [0.2, 0.25) is 0 Å². The van der Waals surface area contributed by atoms with Gasteiger partial charge in [-0.1, -0.05) is 11.6 Å². The number of nitrogens with zero attached hydrogens (tertiary/aromatic N) is 1. The first-order chi connectivity index (χ1) is 9.79. The maximum Gasteiger partial charge on any atom is 0.416 e. The van der Waals surface area contributed by atoms with Gasteiger partial charge in [-0.05, 0) is 37.5 Å². The van der Waals surface area contributed by atoms with Gasteiger partial charge < -0.3 is 10.6 Å². The second-order valence-corrected chi connectivity index (χ2v) is 5.58. The number of nitrogens with two attached hydrogens (primary N) is 1. The Kier molecular flexibility index (Phi) is 4.78. The monoisotopic (exact) mass is 320 g/mol. The molecule has 1 amide bonds. The highest BCUT2D eigenvalue weighted by atomic mass is 35.5. The number of rotatable bonds is 1. The molecule has 1 aromatic rings. The fraction of sp³-hybridized carbons (Fsp3) is 0.500. The lowest BCUT2D eigenvalue weighted by Crippen LogP contribution is -2.33. The van der Waals surface area contributed by atoms with Crippen LogP contribution in [0.2, 0.25) is 5.02 Å². The van der Waals surface area contributed by atoms with E-state index in [1.807, 2.05) is 0 Å². The van der Waals surface area contributed by atoms with Gasteiger partial charge in [0.1, 0.15) is 0 Å². The summed E-state index contributed by atoms with van der Waals surface area (Å²) in [5.41, 5.74) is 4.85. The Hall–Kier alpha value is -1.27. The van der Waals surface area contributed by atoms with Crippen LogP contribution in [0.1, 0.15) is 35.2 Å². The number of hydrogen-bond donors (Lipinski definition) is 1. The minimum absolute atomic E-state index is 0.0276. The fourth-order valence-electron chi connectivity index (χ4n) is 2.36. The van der Waals surface area contributed by atoms with Crippen LogP contribution in [0.3, 0.4) is 0 Å². The molecule has 2 rings (SSSR count). The Labute approximate surface area is 125 Å². The van der Waals surface area contributed by atoms with Crippen LogP contribution in [0, 0.1) is 0 Å². The molecular formula is C14H16ClF3N2O. The quantitative estimate of drug-likeness (QED) is 0.863. The first-order valence-electron chi connectivity index (χ1n) is 6.70. The van der Waals surface area contributed by atoms with Crippen molar-refractivity contribution < 1.29 is 18.0 Å². The normalized spacial score (nSPS) is 20.2. The van der Waals surface area contributed by atoms with Crippen molar-refractivity contribution in [2.24, 2.45) is 5.73 Å². The third-order valence-electron chi connectivity index (χ3n) is 3.58. The molecule has 1 atom stereocenters. The van der Waals surface area contributed by atoms with Crippen LogP contribution in [0.25, 0.3) is 0 Å². The molecule has 0 spiro atoms. The third kappa shape index (κ3) is 3.89. The highest BCUT2D eigenvalue weighted by Gasteiger charge is 2.32. The first kappa shape index (κ1) is 16.1. The van der Waals surface area contributed by atoms with Crippen molar-refractivity contribution in [3.05, 3.63) is 34.3 Å². The predicted octanol–water partition coefficient (Wildman–Crippen LogP) is 3.31. The minimum Gasteiger partial charge on any atom is -0.339 e. The largest absolute Gasteiger partial charge is 0.416 e. The molecule has 0 aliphatic carbocycles. The summed E-state index contributed by atoms with van der Waals surface area (Å²) in [5, 5.41) is 0.0292. The van der Waals surface area contributed by atoms with Gasteiger partial charge in [0.25, 0.3) is 5.91 Å². The Balaban J connectivity index is 2.26. The maximum atomic E-state index is 12.7. The molecule has 116 valence electrons. The molecule has 21 heavy (non-hydrogen) atoms. The van der Waals surface area contributed by atoms with E-state index >= 15 is 0 Å². The summed E-state index contributed by atoms with van der Waals surface area (Å²) in [7, 11) is 0. The van der Waals surface area contributed by atoms with Crippen LogP contribution in [-0.4, -0.2) is 29.9 Å². The molecule has 0 radical (unpaired) electrons. The molecule has 0 saturated carbocycles. The van der Waals surface area contributed by atoms with E-state index < -0.39 is 17.6 Å². The average molecular weight is 321 g/mol. The molecule has 1 heterocycles. The molecular weight excluding hydrogens is 305 g/mol. The number of halogens is 4. The number of likely N-dealkylation sites (tertiary alicyclic amines) is 1. The second kappa shape index (κ2) is 6.23. The van der Waals surface area contributed by atoms with Crippen molar-refractivity contribution >= 4 is 17.5 Å². The molecule has 7 heteroatoms. The van der Waals surface area contributed by atoms with Gasteiger partial charge in [-0.3, -0.25) is 4.79 Å². The molecule has 1 aromatic carbocycles. The van der Waals surface area contributed by atoms with Crippen LogP contribution >= 0.6 is 11.6 Å². The van der Waals surface area contributed by atoms with Crippen LogP contribution in [-0.2, 0) is 6.18 Å². The van der Waals surface area contributed by atoms with E-state index in [1.54, 1.807) is 0 Å². The molecule has 1 aliphatic rings. The van der Waals surface area contributed by atoms with Gasteiger partial charge in [0.15, 0.2) is 0 Å². The zero-order chi connectivity index (χ0) is 15.6. The van der Waals surface area contributed by atoms with Crippen molar-refractivity contribution in [2.75, 3.05) is 13.1 Å². The number of benzene rings is 1. The average Bonchev–Trinajstić information content (AvgIpc) is 2.62. The number of hydrogen-bond acceptors (Lipinski definition) is 2. The molecule has 3 nitrogen and oxygen atoms in total. The molecule has 0 bridgehead atoms. The van der Waals surface area contributed by atoms with Gasteiger partial charge >= 0.3 is 6.18 Å². The SMILES string of the molecule is N[C@H]1CCCN(C(=O)c2cc(C(F)(F)F)ccc2Cl)CC1. The topological polar surface area (TPSA) is 46.3 Å². The summed E-state index contributed by atoms with van der Waals surface area (Å²) in [6, 6.07) is 2.83. The van der Waals surface area contributed by atoms with E-state index in [0.717, 1.165) is 31.0 Å². The number of alkyl halides is 3. The predicted molar refractivity (Wildman–Crippen MR) is 74.2 cm³/mol. The molecule has 1 saturated heterocycles. The van der Waals surface area contributed by atoms with Crippen LogP contribution < -0.4 is 5.73 Å². The number of carbonyl (C=O) groups excluding carboxylic acids is 1. The standard InChI is InChI=1S/C14H16ClF3N2O/c15-12-4-3-9(14(16,17)18)8-11(12)13(21)20-6-1-2-10(19)5-7-20/h3-4,8,10H,1-2,5-7,19H2/t10-/m0/s1. The molecule has 2 N–H and O–H groups in total. The van der Waals surface area contributed by atoms with Crippen LogP contribution in [0.5, 0.6) is 0 Å². The van der Waals surface area contributed by atoms with Crippen LogP contribution in [0.15, 0.2) is 18.2 Å². The lowest BCUT2D eigenvalue weighted by molar-refractivity contribution is -0.137. The Morgan fingerprint density at radius 1 is 1.29 bits per heavy atom. The van der Waals surface area contributed by atoms with Crippen molar-refractivity contribution in [1.29, 1.82) is 0 Å². The minimum atomic E-state index is -4.50. The van der Waals surface area contributed by atoms with Crippen molar-refractivity contribution in [2.45, 2.75) is 31.5 Å². The molecule has 1 aliphatic heterocycles. The van der Waals surface area contributed by atoms with Gasteiger partial charge in [-0.25, -0.2) is 0 Å². The van der Waals surface area contributed by atoms with E-state index in [2.05, 4.69) is 0 Å². The van der Waals surface area contributed by atoms with Crippen LogP contribution in [0.4, 0.5) is 13.2 Å². The molecule has 0 aromatic heterocycles. The summed E-state index contributed by atoms with van der Waals surface area (Å²) >= 11 is 5.89. The fourth-order valence-corrected chi connectivity index (χ4v) is 2.56. The van der Waals surface area contributed by atoms with Gasteiger partial charge in [0, 0.05) is 19.1 Å². The van der Waals surface area contributed by atoms with E-state index in [1.165, 1.54) is 4.90 Å². The zero-order valence-corrected chi connectivity index (χ0v) is 12.0. The lowest BCUT2D eigenvalue weighted by Gasteiger charge is -2.21. The van der Waals surface area contributed by atoms with Crippen molar-refractivity contribution in [3.8, 4) is 0 Å². The smallest absolute Gasteiger partial charge is 0.339 e. The van der Waals surface area contributed by atoms with E-state index in [9.17, 15) is 18.0 Å². The van der Waals surface area contributed by atoms with E-state index in [0.29, 0.717) is 19.5 Å². The Morgan fingerprint density at radius 2 is 2.00 bits per heavy atom. The van der Waals surface area contributed by atoms with Gasteiger partial charge in [-0.2, -0.15) is 13.2 Å². The third-order valence-corrected chi connectivity index (χ3v) is 3.91. The van der Waals surface area contributed by atoms with Gasteiger partial charge in [0.05, 0.1) is 16.1 Å². The van der Waals surface area contributed by atoms with E-state index in [4.69, 9.17) is 17.3 Å². The highest BCUT2D eigenvalue weighted by Crippen LogP contribution is 2.32. The van der Waals surface area contributed by atoms with Crippen molar-refractivity contribution in [3.63, 3.8) is 0 Å². The summed E-state index contributed by atoms with van der Waals surface area (Å²) in [6.07, 6.45) is -2.31. The van der Waals surface area contributed by atoms with Crippen molar-refractivity contribution in [1.82, 2.24) is 4.90 Å². The summed E-state index contributed by atoms with van der Waals surface area (Å²) in [5.74, 6) is -0.472. The van der Waals surface area contributed by atoms with Gasteiger partial charge in [-0.15, -0.1) is 0 Å². The summed E-state index contributed by atoms with van der Waals surface area (Å²) < 4.78 is 38.2. The first-order valence-corrected chi connectivity index (χ1v) is 7.08. The Morgan fingerprint density at radius 3 is 2.67 bits per heavy atom. The lowest BCUT2D eigenvalue weighted by atomic mass is 10.1. The Bertz CT molecular complexity index is 533. The summed E-state index contributed by atoms with van der Waals surface area (Å²) in [6.45, 7) is 0.922. The highest BCUT2D eigenvalue weighted by molar-refractivity contribution is 6.33. The number of amides is 1. The number of carbonyl (C=O) groups is 1. The van der Waals surface area contributed by atoms with E-state index in [-0.39, 0.29) is 16.6 Å². The molecule has 1 fully saturated rings.